The van der Waals surface area contributed by atoms with Crippen LogP contribution in [0.2, 0.25) is 0 Å². The van der Waals surface area contributed by atoms with Crippen LogP contribution >= 0.6 is 0 Å². The molecule has 0 aliphatic heterocycles. The summed E-state index contributed by atoms with van der Waals surface area (Å²) in [6, 6.07) is -7.39. The Kier molecular flexibility index (Phi) is 13.0. The van der Waals surface area contributed by atoms with E-state index in [4.69, 9.17) is 16.6 Å². The molecule has 12 N–H and O–H groups in total. The molecule has 6 atom stereocenters. The van der Waals surface area contributed by atoms with E-state index in [-0.39, 0.29) is 12.8 Å². The van der Waals surface area contributed by atoms with Crippen LogP contribution in [0.5, 0.6) is 0 Å². The molecule has 19 nitrogen and oxygen atoms in total. The summed E-state index contributed by atoms with van der Waals surface area (Å²) in [5.74, 6) is -6.27. The van der Waals surface area contributed by atoms with Gasteiger partial charge < -0.3 is 53.1 Å². The summed E-state index contributed by atoms with van der Waals surface area (Å²) in [6.07, 6.45) is 4.95. The summed E-state index contributed by atoms with van der Waals surface area (Å²) < 4.78 is 0. The molecular formula is C25H37N11O8. The third kappa shape index (κ3) is 11.2. The summed E-state index contributed by atoms with van der Waals surface area (Å²) in [6.45, 7) is 4.03. The second kappa shape index (κ2) is 16.3. The fourth-order valence-corrected chi connectivity index (χ4v) is 3.71. The van der Waals surface area contributed by atoms with Crippen LogP contribution in [0.1, 0.15) is 38.6 Å². The number of imidazole rings is 2. The zero-order chi connectivity index (χ0) is 33.0. The molecule has 0 radical (unpaired) electrons. The van der Waals surface area contributed by atoms with E-state index in [9.17, 15) is 33.6 Å². The van der Waals surface area contributed by atoms with Crippen LogP contribution in [0.3, 0.4) is 0 Å². The first-order valence-electron chi connectivity index (χ1n) is 13.4. The number of H-pyrrole nitrogens is 2. The monoisotopic (exact) mass is 619 g/mol. The van der Waals surface area contributed by atoms with Gasteiger partial charge in [-0.2, -0.15) is 0 Å². The second-order valence-electron chi connectivity index (χ2n) is 10.0. The number of carbonyl (C=O) groups is 7. The highest BCUT2D eigenvalue weighted by atomic mass is 16.4. The van der Waals surface area contributed by atoms with E-state index in [0.717, 1.165) is 0 Å². The predicted octanol–water partition coefficient (Wildman–Crippen LogP) is -4.31. The van der Waals surface area contributed by atoms with Gasteiger partial charge in [-0.1, -0.05) is 0 Å². The molecule has 2 heterocycles. The number of nitrogens with one attached hydrogen (secondary N) is 7. The fraction of sp³-hybridized carbons (Fsp3) is 0.480. The minimum Gasteiger partial charge on any atom is -0.480 e. The topological polar surface area (TPSA) is 309 Å². The lowest BCUT2D eigenvalue weighted by molar-refractivity contribution is -0.143. The van der Waals surface area contributed by atoms with E-state index < -0.39 is 84.1 Å². The predicted molar refractivity (Wildman–Crippen MR) is 151 cm³/mol. The molecule has 0 unspecified atom stereocenters. The van der Waals surface area contributed by atoms with Gasteiger partial charge in [-0.3, -0.25) is 28.8 Å². The zero-order valence-electron chi connectivity index (χ0n) is 24.2. The minimum atomic E-state index is -1.60. The summed E-state index contributed by atoms with van der Waals surface area (Å²) >= 11 is 0. The number of carbonyl (C=O) groups excluding carboxylic acids is 6. The standard InChI is InChI=1S/C25H37N11O8/c1-11(26)20(38)34-17(5-15-8-29-10-31-15)24(42)35-16(4-14-7-28-9-30-14)23(41)33-12(2)21(39)32-13(3)22(40)36-18(25(43)44)6-19(27)37/h7-13,16-18H,4-6,26H2,1-3H3,(H2,27,37)(H,28,30)(H,29,31)(H,32,39)(H,33,41)(H,34,38)(H,35,42)(H,36,40)(H,43,44)/t11-,12-,13-,16-,17-,18-/m0/s1. The number of hydrogen-bond acceptors (Lipinski definition) is 10. The molecule has 0 aliphatic rings. The van der Waals surface area contributed by atoms with Gasteiger partial charge in [-0.25, -0.2) is 14.8 Å². The van der Waals surface area contributed by atoms with Crippen molar-refractivity contribution >= 4 is 41.4 Å². The number of amides is 6. The Morgan fingerprint density at radius 2 is 1.11 bits per heavy atom. The molecule has 2 rings (SSSR count). The quantitative estimate of drug-likeness (QED) is 0.0807. The Hall–Kier alpha value is -5.33. The van der Waals surface area contributed by atoms with E-state index in [0.29, 0.717) is 11.4 Å². The molecule has 44 heavy (non-hydrogen) atoms. The first kappa shape index (κ1) is 34.9. The average molecular weight is 620 g/mol. The molecule has 19 heteroatoms. The Balaban J connectivity index is 2.11. The maximum atomic E-state index is 13.3. The molecule has 0 bridgehead atoms. The molecular weight excluding hydrogens is 582 g/mol. The van der Waals surface area contributed by atoms with Crippen molar-refractivity contribution in [3.63, 3.8) is 0 Å². The van der Waals surface area contributed by atoms with Gasteiger partial charge in [0.15, 0.2) is 0 Å². The van der Waals surface area contributed by atoms with Crippen molar-refractivity contribution in [3.8, 4) is 0 Å². The van der Waals surface area contributed by atoms with E-state index in [1.807, 2.05) is 0 Å². The Morgan fingerprint density at radius 1 is 0.705 bits per heavy atom. The number of primary amides is 1. The van der Waals surface area contributed by atoms with Crippen molar-refractivity contribution in [2.75, 3.05) is 0 Å². The lowest BCUT2D eigenvalue weighted by Gasteiger charge is -2.25. The van der Waals surface area contributed by atoms with Gasteiger partial charge in [0.2, 0.25) is 35.4 Å². The molecule has 2 aromatic heterocycles. The zero-order valence-corrected chi connectivity index (χ0v) is 24.2. The van der Waals surface area contributed by atoms with E-state index in [2.05, 4.69) is 46.5 Å². The van der Waals surface area contributed by atoms with Crippen LogP contribution in [-0.4, -0.2) is 103 Å². The van der Waals surface area contributed by atoms with Crippen molar-refractivity contribution in [3.05, 3.63) is 36.4 Å². The third-order valence-electron chi connectivity index (χ3n) is 6.16. The molecule has 0 saturated heterocycles. The molecule has 6 amide bonds. The first-order chi connectivity index (χ1) is 20.7. The number of aliphatic carboxylic acids is 1. The highest BCUT2D eigenvalue weighted by Gasteiger charge is 2.31. The number of nitrogens with two attached hydrogens (primary N) is 2. The van der Waals surface area contributed by atoms with Gasteiger partial charge in [0.05, 0.1) is 25.1 Å². The highest BCUT2D eigenvalue weighted by Crippen LogP contribution is 2.04. The van der Waals surface area contributed by atoms with Crippen molar-refractivity contribution in [2.24, 2.45) is 11.5 Å². The lowest BCUT2D eigenvalue weighted by atomic mass is 10.1. The Bertz CT molecular complexity index is 1310. The molecule has 0 aromatic carbocycles. The molecule has 0 aliphatic carbocycles. The number of nitrogens with zero attached hydrogens (tertiary/aromatic N) is 2. The van der Waals surface area contributed by atoms with Crippen LogP contribution in [0.4, 0.5) is 0 Å². The van der Waals surface area contributed by atoms with Crippen LogP contribution < -0.4 is 38.1 Å². The molecule has 0 fully saturated rings. The highest BCUT2D eigenvalue weighted by molar-refractivity contribution is 5.96. The second-order valence-corrected chi connectivity index (χ2v) is 10.0. The van der Waals surface area contributed by atoms with Crippen molar-refractivity contribution in [2.45, 2.75) is 76.3 Å². The van der Waals surface area contributed by atoms with Gasteiger partial charge in [0, 0.05) is 36.6 Å². The number of rotatable bonds is 17. The normalized spacial score (nSPS) is 14.9. The SMILES string of the molecule is C[C@H](N)C(=O)N[C@@H](Cc1cnc[nH]1)C(=O)N[C@@H](Cc1cnc[nH]1)C(=O)N[C@@H](C)C(=O)N[C@@H](C)C(=O)N[C@@H](CC(N)=O)C(=O)O. The van der Waals surface area contributed by atoms with Crippen molar-refractivity contribution in [1.82, 2.24) is 46.5 Å². The number of carboxylic acid groups (broad SMARTS) is 1. The van der Waals surface area contributed by atoms with Gasteiger partial charge >= 0.3 is 5.97 Å². The molecule has 0 spiro atoms. The van der Waals surface area contributed by atoms with Gasteiger partial charge in [0.1, 0.15) is 30.2 Å². The van der Waals surface area contributed by atoms with Gasteiger partial charge in [-0.15, -0.1) is 0 Å². The molecule has 240 valence electrons. The van der Waals surface area contributed by atoms with E-state index >= 15 is 0 Å². The third-order valence-corrected chi connectivity index (χ3v) is 6.16. The van der Waals surface area contributed by atoms with Crippen LogP contribution in [-0.2, 0) is 46.4 Å². The average Bonchev–Trinajstić information content (AvgIpc) is 3.65. The number of aromatic nitrogens is 4. The maximum Gasteiger partial charge on any atom is 0.326 e. The van der Waals surface area contributed by atoms with Gasteiger partial charge in [-0.05, 0) is 20.8 Å². The minimum absolute atomic E-state index is 0.00360. The Morgan fingerprint density at radius 3 is 1.52 bits per heavy atom. The van der Waals surface area contributed by atoms with E-state index in [1.165, 1.54) is 45.8 Å². The number of carboxylic acids is 1. The smallest absolute Gasteiger partial charge is 0.326 e. The van der Waals surface area contributed by atoms with Crippen molar-refractivity contribution < 1.29 is 38.7 Å². The molecule has 0 saturated carbocycles. The van der Waals surface area contributed by atoms with Crippen LogP contribution in [0.25, 0.3) is 0 Å². The summed E-state index contributed by atoms with van der Waals surface area (Å²) in [5.41, 5.74) is 11.6. The van der Waals surface area contributed by atoms with Crippen molar-refractivity contribution in [1.29, 1.82) is 0 Å². The number of aromatic amines is 2. The van der Waals surface area contributed by atoms with Gasteiger partial charge in [0.25, 0.3) is 0 Å². The number of hydrogen-bond donors (Lipinski definition) is 10. The fourth-order valence-electron chi connectivity index (χ4n) is 3.71. The summed E-state index contributed by atoms with van der Waals surface area (Å²) in [7, 11) is 0. The maximum absolute atomic E-state index is 13.3. The van der Waals surface area contributed by atoms with Crippen LogP contribution in [0.15, 0.2) is 25.0 Å². The lowest BCUT2D eigenvalue weighted by Crippen LogP contribution is -2.59. The van der Waals surface area contributed by atoms with E-state index in [1.54, 1.807) is 0 Å². The first-order valence-corrected chi connectivity index (χ1v) is 13.4. The molecule has 2 aromatic rings. The summed E-state index contributed by atoms with van der Waals surface area (Å²) in [4.78, 5) is 99.8. The largest absolute Gasteiger partial charge is 0.480 e. The summed E-state index contributed by atoms with van der Waals surface area (Å²) in [5, 5.41) is 21.2. The Labute approximate surface area is 251 Å². The van der Waals surface area contributed by atoms with Crippen LogP contribution in [0, 0.1) is 0 Å².